The minimum atomic E-state index is -3.70. The van der Waals surface area contributed by atoms with Gasteiger partial charge < -0.3 is 5.32 Å². The first-order chi connectivity index (χ1) is 13.7. The van der Waals surface area contributed by atoms with E-state index < -0.39 is 16.1 Å². The molecule has 4 atom stereocenters. The molecule has 3 saturated carbocycles. The summed E-state index contributed by atoms with van der Waals surface area (Å²) in [6.07, 6.45) is 1.66. The van der Waals surface area contributed by atoms with Crippen molar-refractivity contribution in [2.45, 2.75) is 44.6 Å². The Labute approximate surface area is 173 Å². The predicted molar refractivity (Wildman–Crippen MR) is 114 cm³/mol. The number of benzene rings is 2. The van der Waals surface area contributed by atoms with Crippen LogP contribution in [0.15, 0.2) is 59.5 Å². The first-order valence-electron chi connectivity index (χ1n) is 10.1. The van der Waals surface area contributed by atoms with Crippen molar-refractivity contribution < 1.29 is 13.2 Å². The van der Waals surface area contributed by atoms with Gasteiger partial charge in [0.25, 0.3) is 0 Å². The fourth-order valence-corrected chi connectivity index (χ4v) is 6.27. The third-order valence-corrected chi connectivity index (χ3v) is 8.43. The Kier molecular flexibility index (Phi) is 5.03. The summed E-state index contributed by atoms with van der Waals surface area (Å²) in [5.41, 5.74) is 1.77. The average molecular weight is 413 g/mol. The molecule has 0 heterocycles. The maximum Gasteiger partial charge on any atom is 0.240 e. The zero-order valence-corrected chi connectivity index (χ0v) is 17.9. The zero-order valence-electron chi connectivity index (χ0n) is 17.1. The maximum atomic E-state index is 13.1. The minimum Gasteiger partial charge on any atom is -0.326 e. The van der Waals surface area contributed by atoms with Gasteiger partial charge in [-0.15, -0.1) is 0 Å². The zero-order chi connectivity index (χ0) is 20.8. The van der Waals surface area contributed by atoms with Crippen LogP contribution in [0, 0.1) is 30.1 Å². The van der Waals surface area contributed by atoms with Gasteiger partial charge in [0.1, 0.15) is 0 Å². The van der Waals surface area contributed by atoms with Crippen LogP contribution in [0.2, 0.25) is 0 Å². The number of anilines is 1. The van der Waals surface area contributed by atoms with E-state index in [0.717, 1.165) is 17.7 Å². The first-order valence-corrected chi connectivity index (χ1v) is 11.6. The Morgan fingerprint density at radius 3 is 2.28 bits per heavy atom. The van der Waals surface area contributed by atoms with E-state index in [2.05, 4.69) is 23.9 Å². The Hall–Kier alpha value is -2.18. The molecule has 29 heavy (non-hydrogen) atoms. The lowest BCUT2D eigenvalue weighted by Crippen LogP contribution is -2.65. The lowest BCUT2D eigenvalue weighted by Gasteiger charge is -2.62. The van der Waals surface area contributed by atoms with E-state index in [4.69, 9.17) is 0 Å². The SMILES string of the molecule is Cc1ccc(S(=O)(=O)N[C@H]2[C@@H](C(=O)Nc3ccccc3)C[C@H]3C[C@@H]2C3(C)C)cc1. The highest BCUT2D eigenvalue weighted by atomic mass is 32.2. The van der Waals surface area contributed by atoms with Gasteiger partial charge in [0, 0.05) is 11.7 Å². The lowest BCUT2D eigenvalue weighted by molar-refractivity contribution is -0.140. The predicted octanol–water partition coefficient (Wildman–Crippen LogP) is 3.96. The monoisotopic (exact) mass is 412 g/mol. The van der Waals surface area contributed by atoms with Gasteiger partial charge in [-0.1, -0.05) is 49.7 Å². The van der Waals surface area contributed by atoms with Crippen molar-refractivity contribution >= 4 is 21.6 Å². The number of sulfonamides is 1. The second-order valence-corrected chi connectivity index (χ2v) is 10.7. The van der Waals surface area contributed by atoms with Crippen LogP contribution in [-0.2, 0) is 14.8 Å². The smallest absolute Gasteiger partial charge is 0.240 e. The van der Waals surface area contributed by atoms with E-state index >= 15 is 0 Å². The van der Waals surface area contributed by atoms with Crippen molar-refractivity contribution in [1.82, 2.24) is 4.72 Å². The average Bonchev–Trinajstić information content (AvgIpc) is 2.68. The molecule has 3 aliphatic rings. The molecular formula is C23H28N2O3S. The molecule has 3 fully saturated rings. The number of fused-ring (bicyclic) bond motifs is 2. The molecule has 0 unspecified atom stereocenters. The molecule has 0 saturated heterocycles. The Morgan fingerprint density at radius 2 is 1.66 bits per heavy atom. The van der Waals surface area contributed by atoms with Gasteiger partial charge in [-0.25, -0.2) is 13.1 Å². The normalized spacial score (nSPS) is 27.7. The van der Waals surface area contributed by atoms with Crippen molar-refractivity contribution in [1.29, 1.82) is 0 Å². The van der Waals surface area contributed by atoms with E-state index in [1.807, 2.05) is 37.3 Å². The molecule has 1 amide bonds. The van der Waals surface area contributed by atoms with Gasteiger partial charge >= 0.3 is 0 Å². The summed E-state index contributed by atoms with van der Waals surface area (Å²) in [4.78, 5) is 13.3. The molecular weight excluding hydrogens is 384 g/mol. The number of aryl methyl sites for hydroxylation is 1. The van der Waals surface area contributed by atoms with Gasteiger partial charge in [0.2, 0.25) is 15.9 Å². The maximum absolute atomic E-state index is 13.1. The molecule has 2 N–H and O–H groups in total. The van der Waals surface area contributed by atoms with Crippen LogP contribution in [0.25, 0.3) is 0 Å². The number of hydrogen-bond acceptors (Lipinski definition) is 3. The van der Waals surface area contributed by atoms with Crippen molar-refractivity contribution in [3.63, 3.8) is 0 Å². The van der Waals surface area contributed by atoms with Gasteiger partial charge in [-0.3, -0.25) is 4.79 Å². The highest BCUT2D eigenvalue weighted by Gasteiger charge is 2.59. The van der Waals surface area contributed by atoms with E-state index in [1.54, 1.807) is 24.3 Å². The topological polar surface area (TPSA) is 75.3 Å². The fourth-order valence-electron chi connectivity index (χ4n) is 4.95. The second-order valence-electron chi connectivity index (χ2n) is 9.02. The van der Waals surface area contributed by atoms with Gasteiger partial charge in [0.05, 0.1) is 10.8 Å². The van der Waals surface area contributed by atoms with Crippen molar-refractivity contribution in [2.75, 3.05) is 5.32 Å². The number of hydrogen-bond donors (Lipinski definition) is 2. The highest BCUT2D eigenvalue weighted by molar-refractivity contribution is 7.89. The molecule has 5 rings (SSSR count). The molecule has 2 bridgehead atoms. The standard InChI is InChI=1S/C23H28N2O3S/c1-15-9-11-18(12-10-15)29(27,28)25-21-19(13-16-14-20(21)23(16,2)3)22(26)24-17-7-5-4-6-8-17/h4-12,16,19-21,25H,13-14H2,1-3H3,(H,24,26)/t16-,19-,20-,21-/m0/s1. The van der Waals surface area contributed by atoms with Crippen LogP contribution < -0.4 is 10.0 Å². The van der Waals surface area contributed by atoms with E-state index in [9.17, 15) is 13.2 Å². The summed E-state index contributed by atoms with van der Waals surface area (Å²) in [7, 11) is -3.70. The molecule has 154 valence electrons. The molecule has 6 heteroatoms. The highest BCUT2D eigenvalue weighted by Crippen LogP contribution is 2.60. The third-order valence-electron chi connectivity index (χ3n) is 6.95. The molecule has 3 aliphatic carbocycles. The molecule has 2 aromatic carbocycles. The van der Waals surface area contributed by atoms with Crippen LogP contribution in [0.5, 0.6) is 0 Å². The summed E-state index contributed by atoms with van der Waals surface area (Å²) in [5.74, 6) is 0.0948. The molecule has 0 radical (unpaired) electrons. The summed E-state index contributed by atoms with van der Waals surface area (Å²) < 4.78 is 29.0. The lowest BCUT2D eigenvalue weighted by atomic mass is 9.45. The van der Waals surface area contributed by atoms with Crippen molar-refractivity contribution in [3.8, 4) is 0 Å². The van der Waals surface area contributed by atoms with Crippen molar-refractivity contribution in [2.24, 2.45) is 23.2 Å². The van der Waals surface area contributed by atoms with Gasteiger partial charge in [-0.2, -0.15) is 0 Å². The summed E-state index contributed by atoms with van der Waals surface area (Å²) in [6, 6.07) is 15.7. The van der Waals surface area contributed by atoms with Crippen LogP contribution in [-0.4, -0.2) is 20.4 Å². The molecule has 2 aromatic rings. The number of amides is 1. The molecule has 0 aliphatic heterocycles. The Balaban J connectivity index is 1.60. The van der Waals surface area contributed by atoms with Crippen LogP contribution in [0.4, 0.5) is 5.69 Å². The second kappa shape index (κ2) is 7.26. The third kappa shape index (κ3) is 3.71. The number of rotatable bonds is 5. The Morgan fingerprint density at radius 1 is 1.00 bits per heavy atom. The number of carbonyl (C=O) groups is 1. The summed E-state index contributed by atoms with van der Waals surface area (Å²) in [5, 5.41) is 2.97. The van der Waals surface area contributed by atoms with E-state index in [-0.39, 0.29) is 28.1 Å². The molecule has 0 aromatic heterocycles. The first kappa shape index (κ1) is 20.1. The van der Waals surface area contributed by atoms with Crippen LogP contribution in [0.3, 0.4) is 0 Å². The van der Waals surface area contributed by atoms with Gasteiger partial charge in [0.15, 0.2) is 0 Å². The van der Waals surface area contributed by atoms with Crippen molar-refractivity contribution in [3.05, 3.63) is 60.2 Å². The molecule has 0 spiro atoms. The summed E-state index contributed by atoms with van der Waals surface area (Å²) in [6.45, 7) is 6.29. The van der Waals surface area contributed by atoms with E-state index in [1.165, 1.54) is 0 Å². The summed E-state index contributed by atoms with van der Waals surface area (Å²) >= 11 is 0. The molecule has 5 nitrogen and oxygen atoms in total. The van der Waals surface area contributed by atoms with E-state index in [0.29, 0.717) is 12.3 Å². The van der Waals surface area contributed by atoms with Crippen LogP contribution >= 0.6 is 0 Å². The number of carbonyl (C=O) groups excluding carboxylic acids is 1. The number of nitrogens with one attached hydrogen (secondary N) is 2. The number of para-hydroxylation sites is 1. The van der Waals surface area contributed by atoms with Gasteiger partial charge in [-0.05, 0) is 61.3 Å². The quantitative estimate of drug-likeness (QED) is 0.780. The largest absolute Gasteiger partial charge is 0.326 e. The van der Waals surface area contributed by atoms with Crippen LogP contribution in [0.1, 0.15) is 32.3 Å². The Bertz CT molecular complexity index is 1000. The minimum absolute atomic E-state index is 0.0317. The fraction of sp³-hybridized carbons (Fsp3) is 0.435.